The zero-order chi connectivity index (χ0) is 36.7. The highest BCUT2D eigenvalue weighted by Crippen LogP contribution is 2.55. The van der Waals surface area contributed by atoms with Crippen molar-refractivity contribution >= 4 is 55.1 Å². The molecule has 0 saturated carbocycles. The van der Waals surface area contributed by atoms with Crippen LogP contribution in [0.1, 0.15) is 50.7 Å². The number of benzene rings is 2. The second kappa shape index (κ2) is 15.1. The maximum Gasteiger partial charge on any atom is 0.160 e. The monoisotopic (exact) mass is 731 g/mol. The number of aliphatic imine (C=N–C) groups is 1. The van der Waals surface area contributed by atoms with Crippen LogP contribution in [0, 0.1) is 34.8 Å². The molecule has 51 heavy (non-hydrogen) atoms. The Morgan fingerprint density at radius 3 is 2.75 bits per heavy atom. The Morgan fingerprint density at radius 1 is 1.27 bits per heavy atom. The summed E-state index contributed by atoms with van der Waals surface area (Å²) in [5, 5.41) is 10.7. The van der Waals surface area contributed by atoms with Gasteiger partial charge in [-0.3, -0.25) is 0 Å². The van der Waals surface area contributed by atoms with Crippen LogP contribution in [0.3, 0.4) is 0 Å². The van der Waals surface area contributed by atoms with Crippen molar-refractivity contribution in [3.05, 3.63) is 76.6 Å². The van der Waals surface area contributed by atoms with Crippen LogP contribution >= 0.6 is 22.9 Å². The van der Waals surface area contributed by atoms with Gasteiger partial charge in [0.05, 0.1) is 32.4 Å². The van der Waals surface area contributed by atoms with E-state index in [1.165, 1.54) is 12.1 Å². The molecule has 7 nitrogen and oxygen atoms in total. The fourth-order valence-electron chi connectivity index (χ4n) is 8.19. The number of hydrogen-bond acceptors (Lipinski definition) is 8. The number of anilines is 2. The van der Waals surface area contributed by atoms with E-state index in [-0.39, 0.29) is 48.9 Å². The summed E-state index contributed by atoms with van der Waals surface area (Å²) in [7, 11) is 6.21. The fraction of sp³-hybridized carbons (Fsp3) is 0.450. The van der Waals surface area contributed by atoms with Gasteiger partial charge in [0.1, 0.15) is 22.6 Å². The minimum atomic E-state index is -0.584. The molecule has 1 fully saturated rings. The van der Waals surface area contributed by atoms with Gasteiger partial charge in [0.2, 0.25) is 0 Å². The lowest BCUT2D eigenvalue weighted by Gasteiger charge is -2.46. The van der Waals surface area contributed by atoms with E-state index in [2.05, 4.69) is 71.9 Å². The Labute approximate surface area is 310 Å². The molecule has 1 saturated heterocycles. The lowest BCUT2D eigenvalue weighted by Crippen LogP contribution is -2.47. The molecular weight excluding hydrogens is 684 g/mol. The van der Waals surface area contributed by atoms with E-state index in [0.29, 0.717) is 30.0 Å². The van der Waals surface area contributed by atoms with Crippen molar-refractivity contribution < 1.29 is 8.78 Å². The molecule has 0 bridgehead atoms. The van der Waals surface area contributed by atoms with Gasteiger partial charge in [-0.15, -0.1) is 11.3 Å². The van der Waals surface area contributed by atoms with Gasteiger partial charge in [-0.2, -0.15) is 5.26 Å². The third kappa shape index (κ3) is 6.94. The number of allylic oxidation sites excluding steroid dienone is 2. The number of rotatable bonds is 12. The molecule has 0 amide bonds. The van der Waals surface area contributed by atoms with Crippen LogP contribution in [0.25, 0.3) is 21.2 Å². The molecule has 3 aliphatic rings. The van der Waals surface area contributed by atoms with Gasteiger partial charge in [0.25, 0.3) is 0 Å². The normalized spacial score (nSPS) is 19.4. The highest BCUT2D eigenvalue weighted by molar-refractivity contribution is 7.23. The van der Waals surface area contributed by atoms with Gasteiger partial charge in [-0.1, -0.05) is 50.7 Å². The summed E-state index contributed by atoms with van der Waals surface area (Å²) >= 11 is 8.23. The zero-order valence-corrected chi connectivity index (χ0v) is 31.9. The third-order valence-electron chi connectivity index (χ3n) is 10.5. The number of nitriles is 1. The van der Waals surface area contributed by atoms with E-state index in [1.54, 1.807) is 0 Å². The molecule has 6 rings (SSSR count). The Balaban J connectivity index is 1.46. The summed E-state index contributed by atoms with van der Waals surface area (Å²) in [6, 6.07) is 4.97. The van der Waals surface area contributed by atoms with Crippen molar-refractivity contribution in [1.29, 1.82) is 5.26 Å². The largest absolute Gasteiger partial charge is 0.389 e. The topological polar surface area (TPSA) is 75.1 Å². The van der Waals surface area contributed by atoms with Gasteiger partial charge in [-0.25, -0.2) is 13.8 Å². The van der Waals surface area contributed by atoms with Crippen molar-refractivity contribution in [2.75, 3.05) is 64.5 Å². The minimum Gasteiger partial charge on any atom is -0.389 e. The van der Waals surface area contributed by atoms with E-state index in [1.807, 2.05) is 14.1 Å². The van der Waals surface area contributed by atoms with E-state index < -0.39 is 11.6 Å². The number of nitrogens with zero attached hydrogens (tertiary/aromatic N) is 6. The Kier molecular flexibility index (Phi) is 10.9. The van der Waals surface area contributed by atoms with E-state index in [0.717, 1.165) is 86.0 Å². The second-order valence-corrected chi connectivity index (χ2v) is 16.1. The molecular formula is C40H48ClF2N7S. The fourth-order valence-corrected chi connectivity index (χ4v) is 9.51. The highest BCUT2D eigenvalue weighted by Gasteiger charge is 2.43. The zero-order valence-electron chi connectivity index (χ0n) is 30.3. The highest BCUT2D eigenvalue weighted by atomic mass is 35.5. The van der Waals surface area contributed by atoms with Crippen LogP contribution in [-0.2, 0) is 6.42 Å². The number of likely N-dealkylation sites (tertiary alicyclic amines) is 1. The number of halogens is 3. The first kappa shape index (κ1) is 37.0. The predicted octanol–water partition coefficient (Wildman–Crippen LogP) is 9.00. The molecule has 0 aliphatic carbocycles. The van der Waals surface area contributed by atoms with Crippen molar-refractivity contribution in [2.24, 2.45) is 16.8 Å². The van der Waals surface area contributed by atoms with Gasteiger partial charge in [-0.05, 0) is 94.9 Å². The standard InChI is InChI=1S/C40H48ClF2N7S/c1-8-16-48(7)21-23(2)19-31-25(4)50-32(26-15-18-49(22-26)24(3)10-9-17-47(5)6)14-12-28-35(41)34(36(43)37(46-31)38(28)50)27-11-13-30(42)39-33(27)29(20-44)40(45)51-39/h9-11,13,23,26,32H,3-4,8,12,14-19,21-22,45H2,1-2,5-7H3/b10-9+. The predicted molar refractivity (Wildman–Crippen MR) is 210 cm³/mol. The maximum absolute atomic E-state index is 17.4. The van der Waals surface area contributed by atoms with E-state index >= 15 is 8.78 Å². The number of nitrogens with two attached hydrogens (primary N) is 1. The molecule has 0 spiro atoms. The van der Waals surface area contributed by atoms with Crippen LogP contribution in [0.5, 0.6) is 0 Å². The molecule has 1 aromatic heterocycles. The first-order chi connectivity index (χ1) is 24.4. The van der Waals surface area contributed by atoms with Gasteiger partial charge < -0.3 is 25.3 Å². The summed E-state index contributed by atoms with van der Waals surface area (Å²) in [6.07, 6.45) is 8.32. The van der Waals surface area contributed by atoms with Gasteiger partial charge in [0.15, 0.2) is 5.82 Å². The van der Waals surface area contributed by atoms with Crippen LogP contribution in [0.2, 0.25) is 5.02 Å². The Bertz CT molecular complexity index is 1980. The lowest BCUT2D eigenvalue weighted by atomic mass is 9.82. The molecule has 4 heterocycles. The van der Waals surface area contributed by atoms with Crippen molar-refractivity contribution in [2.45, 2.75) is 52.0 Å². The van der Waals surface area contributed by atoms with E-state index in [4.69, 9.17) is 22.3 Å². The molecule has 270 valence electrons. The summed E-state index contributed by atoms with van der Waals surface area (Å²) < 4.78 is 32.7. The minimum absolute atomic E-state index is 0.0663. The summed E-state index contributed by atoms with van der Waals surface area (Å²) in [6.45, 7) is 17.8. The van der Waals surface area contributed by atoms with Crippen LogP contribution in [-0.4, -0.2) is 80.3 Å². The number of hydrogen-bond donors (Lipinski definition) is 1. The maximum atomic E-state index is 17.4. The molecule has 3 aliphatic heterocycles. The Morgan fingerprint density at radius 2 is 2.04 bits per heavy atom. The van der Waals surface area contributed by atoms with Crippen LogP contribution < -0.4 is 10.6 Å². The number of thiophene rings is 1. The van der Waals surface area contributed by atoms with Crippen LogP contribution in [0.15, 0.2) is 53.8 Å². The van der Waals surface area contributed by atoms with Crippen molar-refractivity contribution in [3.63, 3.8) is 0 Å². The first-order valence-electron chi connectivity index (χ1n) is 17.8. The number of nitrogen functional groups attached to an aromatic ring is 1. The molecule has 2 aromatic carbocycles. The molecule has 11 heteroatoms. The SMILES string of the molecule is C=C(/C=C/CN(C)C)N1CCC(C2CCc3c(Cl)c(-c4ccc(F)c5sc(N)c(C#N)c45)c(F)c4c3N2C(=C)C(CC(C)CN(C)CCC)=N4)C1. The average Bonchev–Trinajstić information content (AvgIpc) is 3.71. The molecule has 3 aromatic rings. The molecule has 0 radical (unpaired) electrons. The van der Waals surface area contributed by atoms with Crippen molar-refractivity contribution in [3.8, 4) is 17.2 Å². The van der Waals surface area contributed by atoms with E-state index in [9.17, 15) is 5.26 Å². The van der Waals surface area contributed by atoms with Gasteiger partial charge in [0, 0.05) is 48.9 Å². The molecule has 2 N–H and O–H groups in total. The molecule has 3 atom stereocenters. The summed E-state index contributed by atoms with van der Waals surface area (Å²) in [4.78, 5) is 14.1. The Hall–Kier alpha value is -3.75. The number of fused-ring (bicyclic) bond motifs is 1. The summed E-state index contributed by atoms with van der Waals surface area (Å²) in [5.41, 5.74) is 11.0. The average molecular weight is 732 g/mol. The van der Waals surface area contributed by atoms with Crippen LogP contribution in [0.4, 0.5) is 25.2 Å². The first-order valence-corrected chi connectivity index (χ1v) is 19.0. The number of likely N-dealkylation sites (N-methyl/N-ethyl adjacent to an activating group) is 1. The molecule has 3 unspecified atom stereocenters. The second-order valence-electron chi connectivity index (χ2n) is 14.6. The van der Waals surface area contributed by atoms with Crippen molar-refractivity contribution in [1.82, 2.24) is 14.7 Å². The lowest BCUT2D eigenvalue weighted by molar-refractivity contribution is 0.290. The summed E-state index contributed by atoms with van der Waals surface area (Å²) in [5.74, 6) is -0.561. The third-order valence-corrected chi connectivity index (χ3v) is 11.9. The smallest absolute Gasteiger partial charge is 0.160 e. The quantitative estimate of drug-likeness (QED) is 0.188. The van der Waals surface area contributed by atoms with Gasteiger partial charge >= 0.3 is 0 Å².